The van der Waals surface area contributed by atoms with E-state index in [9.17, 15) is 4.39 Å². The number of benzene rings is 2. The first-order valence-corrected chi connectivity index (χ1v) is 6.86. The van der Waals surface area contributed by atoms with Gasteiger partial charge in [0.2, 0.25) is 0 Å². The van der Waals surface area contributed by atoms with E-state index >= 15 is 0 Å². The molecule has 20 heavy (non-hydrogen) atoms. The van der Waals surface area contributed by atoms with Crippen molar-refractivity contribution in [2.75, 3.05) is 0 Å². The molecule has 0 radical (unpaired) electrons. The van der Waals surface area contributed by atoms with Crippen LogP contribution in [-0.4, -0.2) is 9.55 Å². The largest absolute Gasteiger partial charge is 0.330 e. The van der Waals surface area contributed by atoms with Gasteiger partial charge in [-0.05, 0) is 67.9 Å². The fourth-order valence-electron chi connectivity index (χ4n) is 2.43. The van der Waals surface area contributed by atoms with Gasteiger partial charge in [-0.15, -0.1) is 0 Å². The van der Waals surface area contributed by atoms with Gasteiger partial charge in [0, 0.05) is 0 Å². The standard InChI is InChI=1S/C16H15FN2S/c1-9-4-5-10(2)14(6-9)19-15-7-11(3)12(17)8-13(15)18-16(19)20/h4-8H,1-3H3,(H,18,20). The van der Waals surface area contributed by atoms with Gasteiger partial charge in [-0.25, -0.2) is 4.39 Å². The van der Waals surface area contributed by atoms with E-state index in [0.29, 0.717) is 10.3 Å². The normalized spacial score (nSPS) is 11.2. The summed E-state index contributed by atoms with van der Waals surface area (Å²) in [4.78, 5) is 3.08. The van der Waals surface area contributed by atoms with E-state index in [1.54, 1.807) is 6.92 Å². The molecule has 1 aromatic heterocycles. The van der Waals surface area contributed by atoms with Crippen LogP contribution in [0.5, 0.6) is 0 Å². The summed E-state index contributed by atoms with van der Waals surface area (Å²) in [6.07, 6.45) is 0. The Morgan fingerprint density at radius 1 is 1.05 bits per heavy atom. The van der Waals surface area contributed by atoms with Crippen molar-refractivity contribution >= 4 is 23.3 Å². The summed E-state index contributed by atoms with van der Waals surface area (Å²) in [5.41, 5.74) is 5.58. The van der Waals surface area contributed by atoms with Gasteiger partial charge in [0.15, 0.2) is 4.77 Å². The van der Waals surface area contributed by atoms with E-state index in [-0.39, 0.29) is 5.82 Å². The smallest absolute Gasteiger partial charge is 0.182 e. The SMILES string of the molecule is Cc1ccc(C)c(-n2c(=S)[nH]c3cc(F)c(C)cc32)c1. The summed E-state index contributed by atoms with van der Waals surface area (Å²) < 4.78 is 16.2. The van der Waals surface area contributed by atoms with E-state index in [1.165, 1.54) is 11.6 Å². The van der Waals surface area contributed by atoms with Crippen LogP contribution >= 0.6 is 12.2 Å². The molecule has 102 valence electrons. The molecule has 4 heteroatoms. The maximum absolute atomic E-state index is 13.7. The first kappa shape index (κ1) is 13.1. The second-order valence-electron chi connectivity index (χ2n) is 5.17. The monoisotopic (exact) mass is 286 g/mol. The van der Waals surface area contributed by atoms with Crippen molar-refractivity contribution < 1.29 is 4.39 Å². The van der Waals surface area contributed by atoms with Gasteiger partial charge in [0.1, 0.15) is 5.82 Å². The molecule has 1 N–H and O–H groups in total. The zero-order valence-electron chi connectivity index (χ0n) is 11.6. The minimum absolute atomic E-state index is 0.220. The second kappa shape index (κ2) is 4.56. The Labute approximate surface area is 121 Å². The van der Waals surface area contributed by atoms with Gasteiger partial charge in [-0.3, -0.25) is 4.57 Å². The number of hydrogen-bond acceptors (Lipinski definition) is 1. The zero-order chi connectivity index (χ0) is 14.4. The van der Waals surface area contributed by atoms with Gasteiger partial charge in [-0.1, -0.05) is 12.1 Å². The molecule has 0 aliphatic heterocycles. The number of H-pyrrole nitrogens is 1. The highest BCUT2D eigenvalue weighted by atomic mass is 32.1. The number of aromatic amines is 1. The quantitative estimate of drug-likeness (QED) is 0.640. The van der Waals surface area contributed by atoms with E-state index in [2.05, 4.69) is 23.2 Å². The summed E-state index contributed by atoms with van der Waals surface area (Å²) >= 11 is 5.41. The molecule has 2 aromatic carbocycles. The van der Waals surface area contributed by atoms with E-state index < -0.39 is 0 Å². The second-order valence-corrected chi connectivity index (χ2v) is 5.56. The third-order valence-corrected chi connectivity index (χ3v) is 3.85. The van der Waals surface area contributed by atoms with Crippen LogP contribution < -0.4 is 0 Å². The third-order valence-electron chi connectivity index (χ3n) is 3.57. The van der Waals surface area contributed by atoms with Crippen LogP contribution in [0.15, 0.2) is 30.3 Å². The van der Waals surface area contributed by atoms with Crippen LogP contribution in [0.4, 0.5) is 4.39 Å². The molecular weight excluding hydrogens is 271 g/mol. The minimum Gasteiger partial charge on any atom is -0.330 e. The number of halogens is 1. The molecule has 3 rings (SSSR count). The molecule has 0 unspecified atom stereocenters. The number of fused-ring (bicyclic) bond motifs is 1. The fraction of sp³-hybridized carbons (Fsp3) is 0.188. The predicted octanol–water partition coefficient (Wildman–Crippen LogP) is 4.75. The summed E-state index contributed by atoms with van der Waals surface area (Å²) in [5, 5.41) is 0. The number of hydrogen-bond donors (Lipinski definition) is 1. The van der Waals surface area contributed by atoms with E-state index in [1.807, 2.05) is 24.5 Å². The van der Waals surface area contributed by atoms with Gasteiger partial charge < -0.3 is 4.98 Å². The molecule has 0 aliphatic carbocycles. The molecule has 0 aliphatic rings. The molecule has 0 saturated heterocycles. The average Bonchev–Trinajstić information content (AvgIpc) is 2.69. The Morgan fingerprint density at radius 2 is 1.80 bits per heavy atom. The Hall–Kier alpha value is -1.94. The number of nitrogens with one attached hydrogen (secondary N) is 1. The number of aryl methyl sites for hydroxylation is 3. The Kier molecular flexibility index (Phi) is 2.98. The van der Waals surface area contributed by atoms with Crippen LogP contribution in [-0.2, 0) is 0 Å². The maximum Gasteiger partial charge on any atom is 0.182 e. The van der Waals surface area contributed by atoms with Gasteiger partial charge in [0.05, 0.1) is 16.7 Å². The van der Waals surface area contributed by atoms with Crippen LogP contribution in [0, 0.1) is 31.4 Å². The van der Waals surface area contributed by atoms with Crippen LogP contribution in [0.3, 0.4) is 0 Å². The summed E-state index contributed by atoms with van der Waals surface area (Å²) in [5.74, 6) is -0.220. The van der Waals surface area contributed by atoms with Crippen molar-refractivity contribution in [2.24, 2.45) is 0 Å². The molecule has 0 fully saturated rings. The summed E-state index contributed by atoms with van der Waals surface area (Å²) in [7, 11) is 0. The highest BCUT2D eigenvalue weighted by Gasteiger charge is 2.11. The Bertz CT molecular complexity index is 874. The molecule has 0 spiro atoms. The third kappa shape index (κ3) is 1.96. The van der Waals surface area contributed by atoms with Gasteiger partial charge in [-0.2, -0.15) is 0 Å². The van der Waals surface area contributed by atoms with Crippen molar-refractivity contribution in [1.29, 1.82) is 0 Å². The summed E-state index contributed by atoms with van der Waals surface area (Å²) in [6.45, 7) is 5.86. The lowest BCUT2D eigenvalue weighted by Crippen LogP contribution is -1.98. The molecule has 1 heterocycles. The number of aromatic nitrogens is 2. The zero-order valence-corrected chi connectivity index (χ0v) is 12.4. The van der Waals surface area contributed by atoms with Gasteiger partial charge >= 0.3 is 0 Å². The molecule has 2 nitrogen and oxygen atoms in total. The molecular formula is C16H15FN2S. The first-order valence-electron chi connectivity index (χ1n) is 6.46. The average molecular weight is 286 g/mol. The van der Waals surface area contributed by atoms with Crippen molar-refractivity contribution in [3.8, 4) is 5.69 Å². The van der Waals surface area contributed by atoms with Crippen molar-refractivity contribution in [2.45, 2.75) is 20.8 Å². The van der Waals surface area contributed by atoms with Crippen LogP contribution in [0.25, 0.3) is 16.7 Å². The number of rotatable bonds is 1. The van der Waals surface area contributed by atoms with Crippen molar-refractivity contribution in [1.82, 2.24) is 9.55 Å². The minimum atomic E-state index is -0.220. The lowest BCUT2D eigenvalue weighted by molar-refractivity contribution is 0.620. The lowest BCUT2D eigenvalue weighted by Gasteiger charge is -2.10. The van der Waals surface area contributed by atoms with Crippen molar-refractivity contribution in [3.63, 3.8) is 0 Å². The maximum atomic E-state index is 13.7. The molecule has 0 amide bonds. The Morgan fingerprint density at radius 3 is 2.55 bits per heavy atom. The van der Waals surface area contributed by atoms with Crippen LogP contribution in [0.2, 0.25) is 0 Å². The fourth-order valence-corrected chi connectivity index (χ4v) is 2.74. The lowest BCUT2D eigenvalue weighted by atomic mass is 10.1. The molecule has 3 aromatic rings. The molecule has 0 saturated carbocycles. The van der Waals surface area contributed by atoms with Crippen molar-refractivity contribution in [3.05, 3.63) is 57.6 Å². The number of nitrogens with zero attached hydrogens (tertiary/aromatic N) is 1. The van der Waals surface area contributed by atoms with Crippen LogP contribution in [0.1, 0.15) is 16.7 Å². The highest BCUT2D eigenvalue weighted by Crippen LogP contribution is 2.25. The number of imidazole rings is 1. The Balaban J connectivity index is 2.42. The topological polar surface area (TPSA) is 20.7 Å². The first-order chi connectivity index (χ1) is 9.47. The molecule has 0 atom stereocenters. The highest BCUT2D eigenvalue weighted by molar-refractivity contribution is 7.71. The molecule has 0 bridgehead atoms. The predicted molar refractivity (Wildman–Crippen MR) is 82.6 cm³/mol. The van der Waals surface area contributed by atoms with E-state index in [0.717, 1.165) is 22.3 Å². The van der Waals surface area contributed by atoms with Gasteiger partial charge in [0.25, 0.3) is 0 Å². The summed E-state index contributed by atoms with van der Waals surface area (Å²) in [6, 6.07) is 9.57. The van der Waals surface area contributed by atoms with E-state index in [4.69, 9.17) is 12.2 Å².